The average molecular weight is 537 g/mol. The van der Waals surface area contributed by atoms with Gasteiger partial charge in [-0.15, -0.1) is 5.10 Å². The van der Waals surface area contributed by atoms with Gasteiger partial charge in [0.2, 0.25) is 11.9 Å². The molecule has 0 spiro atoms. The highest BCUT2D eigenvalue weighted by molar-refractivity contribution is 6.31. The lowest BCUT2D eigenvalue weighted by Gasteiger charge is -2.43. The lowest BCUT2D eigenvalue weighted by atomic mass is 9.68. The van der Waals surface area contributed by atoms with Crippen LogP contribution >= 0.6 is 11.6 Å². The van der Waals surface area contributed by atoms with E-state index in [1.165, 1.54) is 6.07 Å². The molecule has 2 N–H and O–H groups in total. The van der Waals surface area contributed by atoms with E-state index in [0.717, 1.165) is 30.5 Å². The number of aromatic amines is 1. The number of hydrogen-bond donors (Lipinski definition) is 2. The molecule has 1 aliphatic carbocycles. The number of nitrogens with zero attached hydrogens (tertiary/aromatic N) is 6. The van der Waals surface area contributed by atoms with Crippen molar-refractivity contribution in [1.82, 2.24) is 29.7 Å². The molecule has 2 fully saturated rings. The van der Waals surface area contributed by atoms with Crippen LogP contribution in [-0.4, -0.2) is 61.8 Å². The molecular weight excluding hydrogens is 507 g/mol. The molecule has 0 unspecified atom stereocenters. The summed E-state index contributed by atoms with van der Waals surface area (Å²) < 4.78 is 16.9. The van der Waals surface area contributed by atoms with Gasteiger partial charge in [0.05, 0.1) is 5.41 Å². The van der Waals surface area contributed by atoms with E-state index in [-0.39, 0.29) is 5.91 Å². The van der Waals surface area contributed by atoms with Crippen molar-refractivity contribution in [3.05, 3.63) is 64.7 Å². The van der Waals surface area contributed by atoms with Crippen LogP contribution in [0.3, 0.4) is 0 Å². The van der Waals surface area contributed by atoms with E-state index in [2.05, 4.69) is 20.4 Å². The number of hydrogen-bond acceptors (Lipinski definition) is 6. The van der Waals surface area contributed by atoms with E-state index >= 15 is 4.39 Å². The van der Waals surface area contributed by atoms with Gasteiger partial charge in [0.1, 0.15) is 11.3 Å². The normalized spacial score (nSPS) is 17.7. The maximum atomic E-state index is 15.1. The van der Waals surface area contributed by atoms with E-state index < -0.39 is 11.2 Å². The van der Waals surface area contributed by atoms with Gasteiger partial charge in [0, 0.05) is 54.7 Å². The van der Waals surface area contributed by atoms with Crippen LogP contribution in [0.5, 0.6) is 0 Å². The van der Waals surface area contributed by atoms with Gasteiger partial charge in [-0.1, -0.05) is 36.9 Å². The minimum Gasteiger partial charge on any atom is -0.338 e. The predicted molar refractivity (Wildman–Crippen MR) is 145 cm³/mol. The number of piperazine rings is 1. The molecule has 1 aromatic carbocycles. The molecule has 1 saturated heterocycles. The Morgan fingerprint density at radius 3 is 2.61 bits per heavy atom. The van der Waals surface area contributed by atoms with Crippen LogP contribution < -0.4 is 10.2 Å². The summed E-state index contributed by atoms with van der Waals surface area (Å²) in [7, 11) is 0. The van der Waals surface area contributed by atoms with Gasteiger partial charge >= 0.3 is 0 Å². The minimum atomic E-state index is -0.915. The van der Waals surface area contributed by atoms with Gasteiger partial charge < -0.3 is 15.1 Å². The Hall–Kier alpha value is -3.66. The lowest BCUT2D eigenvalue weighted by Crippen LogP contribution is -2.55. The Balaban J connectivity index is 1.23. The number of aromatic nitrogens is 5. The zero-order chi connectivity index (χ0) is 26.3. The molecule has 11 heteroatoms. The fraction of sp³-hybridized carbons (Fsp3) is 0.407. The fourth-order valence-corrected chi connectivity index (χ4v) is 6.19. The molecule has 4 heterocycles. The minimum absolute atomic E-state index is 0.0260. The summed E-state index contributed by atoms with van der Waals surface area (Å²) in [4.78, 5) is 22.8. The van der Waals surface area contributed by atoms with Crippen LogP contribution in [0.1, 0.15) is 43.4 Å². The van der Waals surface area contributed by atoms with Crippen LogP contribution in [0, 0.1) is 12.7 Å². The molecule has 38 heavy (non-hydrogen) atoms. The van der Waals surface area contributed by atoms with Crippen molar-refractivity contribution in [2.45, 2.75) is 44.4 Å². The van der Waals surface area contributed by atoms with Crippen LogP contribution in [0.15, 0.2) is 42.6 Å². The number of anilines is 3. The Labute approximate surface area is 225 Å². The molecule has 0 atom stereocenters. The number of nitrogens with one attached hydrogen (secondary N) is 2. The number of aryl methyl sites for hydroxylation is 1. The third kappa shape index (κ3) is 4.36. The van der Waals surface area contributed by atoms with Crippen LogP contribution in [0.2, 0.25) is 5.02 Å². The summed E-state index contributed by atoms with van der Waals surface area (Å²) in [5.41, 5.74) is 1.23. The maximum Gasteiger partial charge on any atom is 0.245 e. The number of carbonyl (C=O) groups is 1. The van der Waals surface area contributed by atoms with Gasteiger partial charge in [-0.25, -0.2) is 8.91 Å². The maximum absolute atomic E-state index is 15.1. The molecule has 1 amide bonds. The van der Waals surface area contributed by atoms with E-state index in [9.17, 15) is 4.79 Å². The van der Waals surface area contributed by atoms with Crippen LogP contribution in [-0.2, 0) is 10.2 Å². The lowest BCUT2D eigenvalue weighted by molar-refractivity contribution is -0.139. The van der Waals surface area contributed by atoms with Crippen molar-refractivity contribution in [2.75, 3.05) is 36.4 Å². The highest BCUT2D eigenvalue weighted by atomic mass is 35.5. The van der Waals surface area contributed by atoms with Gasteiger partial charge in [-0.05, 0) is 44.0 Å². The van der Waals surface area contributed by atoms with Crippen molar-refractivity contribution in [2.24, 2.45) is 0 Å². The van der Waals surface area contributed by atoms with E-state index in [0.29, 0.717) is 67.2 Å². The number of benzene rings is 1. The third-order valence-electron chi connectivity index (χ3n) is 7.74. The first-order valence-electron chi connectivity index (χ1n) is 13.1. The fourth-order valence-electron chi connectivity index (χ4n) is 5.85. The third-order valence-corrected chi connectivity index (χ3v) is 8.05. The first kappa shape index (κ1) is 24.7. The summed E-state index contributed by atoms with van der Waals surface area (Å²) in [6.45, 7) is 4.08. The molecular formula is C27H30ClFN8O. The van der Waals surface area contributed by atoms with Crippen molar-refractivity contribution < 1.29 is 9.18 Å². The number of fused-ring (bicyclic) bond motifs is 1. The molecule has 2 aliphatic rings. The molecule has 3 aromatic heterocycles. The first-order chi connectivity index (χ1) is 18.4. The smallest absolute Gasteiger partial charge is 0.245 e. The molecule has 198 valence electrons. The molecule has 4 aromatic rings. The SMILES string of the molecule is Cc1cc(Nc2nc(N3CCN(C(=O)C4(c5c(F)cccc5Cl)CCCCC4)CC3)nn3cccc23)n[nH]1. The van der Waals surface area contributed by atoms with Gasteiger partial charge in [-0.2, -0.15) is 10.1 Å². The number of halogens is 2. The van der Waals surface area contributed by atoms with E-state index in [4.69, 9.17) is 21.7 Å². The van der Waals surface area contributed by atoms with E-state index in [1.807, 2.05) is 36.2 Å². The second-order valence-electron chi connectivity index (χ2n) is 10.2. The monoisotopic (exact) mass is 536 g/mol. The molecule has 1 aliphatic heterocycles. The van der Waals surface area contributed by atoms with Gasteiger partial charge in [0.25, 0.3) is 0 Å². The van der Waals surface area contributed by atoms with Crippen molar-refractivity contribution in [3.63, 3.8) is 0 Å². The molecule has 6 rings (SSSR count). The summed E-state index contributed by atoms with van der Waals surface area (Å²) in [6.07, 6.45) is 5.91. The van der Waals surface area contributed by atoms with Crippen molar-refractivity contribution in [3.8, 4) is 0 Å². The highest BCUT2D eigenvalue weighted by Crippen LogP contribution is 2.45. The highest BCUT2D eigenvalue weighted by Gasteiger charge is 2.46. The number of H-pyrrole nitrogens is 1. The van der Waals surface area contributed by atoms with Crippen LogP contribution in [0.4, 0.5) is 22.0 Å². The largest absolute Gasteiger partial charge is 0.338 e. The molecule has 1 saturated carbocycles. The first-order valence-corrected chi connectivity index (χ1v) is 13.5. The number of amides is 1. The van der Waals surface area contributed by atoms with Gasteiger partial charge in [0.15, 0.2) is 11.6 Å². The van der Waals surface area contributed by atoms with Crippen LogP contribution in [0.25, 0.3) is 5.52 Å². The zero-order valence-electron chi connectivity index (χ0n) is 21.3. The average Bonchev–Trinajstić information content (AvgIpc) is 3.57. The van der Waals surface area contributed by atoms with Gasteiger partial charge in [-0.3, -0.25) is 9.89 Å². The standard InChI is InChI=1S/C27H30ClFN8O/c1-18-17-22(33-32-18)30-24-21-9-6-12-37(21)34-26(31-24)36-15-13-35(14-16-36)25(38)27(10-3-2-4-11-27)23-19(28)7-5-8-20(23)29/h5-9,12,17H,2-4,10-11,13-16H2,1H3,(H2,30,31,32,33,34). The second-order valence-corrected chi connectivity index (χ2v) is 10.6. The zero-order valence-corrected chi connectivity index (χ0v) is 22.0. The summed E-state index contributed by atoms with van der Waals surface area (Å²) in [5, 5.41) is 15.5. The van der Waals surface area contributed by atoms with E-state index in [1.54, 1.807) is 16.6 Å². The quantitative estimate of drug-likeness (QED) is 0.379. The number of carbonyl (C=O) groups excluding carboxylic acids is 1. The summed E-state index contributed by atoms with van der Waals surface area (Å²) in [6, 6.07) is 10.5. The molecule has 0 bridgehead atoms. The Kier molecular flexibility index (Phi) is 6.43. The Morgan fingerprint density at radius 2 is 1.89 bits per heavy atom. The molecule has 0 radical (unpaired) electrons. The van der Waals surface area contributed by atoms with Crippen molar-refractivity contribution >= 4 is 40.6 Å². The molecule has 9 nitrogen and oxygen atoms in total. The summed E-state index contributed by atoms with van der Waals surface area (Å²) in [5.74, 6) is 1.48. The Morgan fingerprint density at radius 1 is 1.11 bits per heavy atom. The van der Waals surface area contributed by atoms with Crippen molar-refractivity contribution in [1.29, 1.82) is 0 Å². The second kappa shape index (κ2) is 9.90. The number of rotatable bonds is 5. The predicted octanol–water partition coefficient (Wildman–Crippen LogP) is 4.85. The summed E-state index contributed by atoms with van der Waals surface area (Å²) >= 11 is 6.50. The Bertz CT molecular complexity index is 1450. The topological polar surface area (TPSA) is 94.5 Å².